The summed E-state index contributed by atoms with van der Waals surface area (Å²) in [5.41, 5.74) is 0.285. The van der Waals surface area contributed by atoms with Gasteiger partial charge in [0.15, 0.2) is 0 Å². The fourth-order valence-electron chi connectivity index (χ4n) is 1.38. The molecule has 14 heavy (non-hydrogen) atoms. The molecule has 0 fully saturated rings. The third-order valence-corrected chi connectivity index (χ3v) is 2.44. The Labute approximate surface area is 86.8 Å². The van der Waals surface area contributed by atoms with Crippen molar-refractivity contribution in [1.29, 1.82) is 0 Å². The summed E-state index contributed by atoms with van der Waals surface area (Å²) in [7, 11) is 0. The molecule has 0 saturated heterocycles. The monoisotopic (exact) mass is 204 g/mol. The first-order valence-electron chi connectivity index (χ1n) is 5.30. The Balaban J connectivity index is 3.67. The lowest BCUT2D eigenvalue weighted by Crippen LogP contribution is -2.27. The minimum absolute atomic E-state index is 0.146. The van der Waals surface area contributed by atoms with Crippen molar-refractivity contribution in [3.8, 4) is 0 Å². The Hall–Kier alpha value is -0.120. The molecule has 0 heterocycles. The molecule has 86 valence electrons. The highest BCUT2D eigenvalue weighted by Crippen LogP contribution is 2.23. The lowest BCUT2D eigenvalue weighted by atomic mass is 9.88. The van der Waals surface area contributed by atoms with Crippen molar-refractivity contribution >= 4 is 0 Å². The normalized spacial score (nSPS) is 14.8. The van der Waals surface area contributed by atoms with E-state index in [-0.39, 0.29) is 24.5 Å². The highest BCUT2D eigenvalue weighted by Gasteiger charge is 2.18. The van der Waals surface area contributed by atoms with Gasteiger partial charge in [-0.1, -0.05) is 27.2 Å². The minimum Gasteiger partial charge on any atom is -0.396 e. The summed E-state index contributed by atoms with van der Waals surface area (Å²) in [4.78, 5) is 0. The standard InChI is InChI=1S/C11H24O3/c1-11(2,3)6-4-5-10(14)9(7-12)8-13/h9-10,12-14H,4-8H2,1-3H3. The van der Waals surface area contributed by atoms with E-state index in [1.165, 1.54) is 0 Å². The van der Waals surface area contributed by atoms with E-state index in [9.17, 15) is 5.11 Å². The lowest BCUT2D eigenvalue weighted by Gasteiger charge is -2.22. The van der Waals surface area contributed by atoms with Gasteiger partial charge in [0, 0.05) is 5.92 Å². The molecule has 0 aliphatic heterocycles. The molecule has 0 amide bonds. The van der Waals surface area contributed by atoms with Crippen molar-refractivity contribution in [3.05, 3.63) is 0 Å². The third kappa shape index (κ3) is 6.35. The SMILES string of the molecule is CC(C)(C)CCCC(O)C(CO)CO. The van der Waals surface area contributed by atoms with E-state index in [0.717, 1.165) is 12.8 Å². The van der Waals surface area contributed by atoms with Gasteiger partial charge in [0.05, 0.1) is 19.3 Å². The van der Waals surface area contributed by atoms with Gasteiger partial charge in [-0.25, -0.2) is 0 Å². The van der Waals surface area contributed by atoms with Gasteiger partial charge in [-0.05, 0) is 18.3 Å². The van der Waals surface area contributed by atoms with Crippen LogP contribution in [0.15, 0.2) is 0 Å². The highest BCUT2D eigenvalue weighted by molar-refractivity contribution is 4.69. The van der Waals surface area contributed by atoms with Crippen LogP contribution in [0, 0.1) is 11.3 Å². The summed E-state index contributed by atoms with van der Waals surface area (Å²) in [6.07, 6.45) is 2.06. The Kier molecular flexibility index (Phi) is 6.33. The molecule has 0 aromatic heterocycles. The molecule has 0 radical (unpaired) electrons. The molecule has 1 atom stereocenters. The van der Waals surface area contributed by atoms with Gasteiger partial charge in [0.2, 0.25) is 0 Å². The summed E-state index contributed by atoms with van der Waals surface area (Å²) in [5, 5.41) is 27.3. The molecule has 3 N–H and O–H groups in total. The first-order chi connectivity index (χ1) is 6.40. The first-order valence-corrected chi connectivity index (χ1v) is 5.30. The molecule has 0 aromatic carbocycles. The van der Waals surface area contributed by atoms with Gasteiger partial charge in [-0.15, -0.1) is 0 Å². The van der Waals surface area contributed by atoms with Crippen molar-refractivity contribution in [2.24, 2.45) is 11.3 Å². The first kappa shape index (κ1) is 13.9. The fourth-order valence-corrected chi connectivity index (χ4v) is 1.38. The van der Waals surface area contributed by atoms with Crippen LogP contribution in [0.3, 0.4) is 0 Å². The zero-order valence-corrected chi connectivity index (χ0v) is 9.53. The number of hydrogen-bond donors (Lipinski definition) is 3. The van der Waals surface area contributed by atoms with Crippen LogP contribution in [0.5, 0.6) is 0 Å². The molecule has 0 aromatic rings. The molecule has 3 nitrogen and oxygen atoms in total. The van der Waals surface area contributed by atoms with Crippen LogP contribution in [0.4, 0.5) is 0 Å². The quantitative estimate of drug-likeness (QED) is 0.608. The predicted molar refractivity (Wildman–Crippen MR) is 57.0 cm³/mol. The molecule has 0 rings (SSSR count). The molecule has 0 aliphatic carbocycles. The second-order valence-corrected chi connectivity index (χ2v) is 5.15. The average molecular weight is 204 g/mol. The maximum Gasteiger partial charge on any atom is 0.0612 e. The van der Waals surface area contributed by atoms with E-state index >= 15 is 0 Å². The van der Waals surface area contributed by atoms with E-state index in [0.29, 0.717) is 6.42 Å². The van der Waals surface area contributed by atoms with Crippen molar-refractivity contribution < 1.29 is 15.3 Å². The molecule has 3 heteroatoms. The van der Waals surface area contributed by atoms with Gasteiger partial charge in [-0.3, -0.25) is 0 Å². The van der Waals surface area contributed by atoms with E-state index in [2.05, 4.69) is 20.8 Å². The van der Waals surface area contributed by atoms with Crippen molar-refractivity contribution in [2.75, 3.05) is 13.2 Å². The van der Waals surface area contributed by atoms with Crippen LogP contribution in [0.1, 0.15) is 40.0 Å². The number of aliphatic hydroxyl groups excluding tert-OH is 3. The van der Waals surface area contributed by atoms with Gasteiger partial charge < -0.3 is 15.3 Å². The predicted octanol–water partition coefficient (Wildman–Crippen LogP) is 1.16. The Morgan fingerprint density at radius 2 is 1.57 bits per heavy atom. The molecule has 0 saturated carbocycles. The van der Waals surface area contributed by atoms with Crippen molar-refractivity contribution in [2.45, 2.75) is 46.1 Å². The largest absolute Gasteiger partial charge is 0.396 e. The summed E-state index contributed by atoms with van der Waals surface area (Å²) in [5.74, 6) is -0.380. The van der Waals surface area contributed by atoms with Crippen LogP contribution < -0.4 is 0 Å². The van der Waals surface area contributed by atoms with Crippen LogP contribution in [-0.4, -0.2) is 34.6 Å². The topological polar surface area (TPSA) is 60.7 Å². The smallest absolute Gasteiger partial charge is 0.0612 e. The Bertz CT molecular complexity index is 136. The van der Waals surface area contributed by atoms with Crippen molar-refractivity contribution in [3.63, 3.8) is 0 Å². The van der Waals surface area contributed by atoms with E-state index in [1.807, 2.05) is 0 Å². The second-order valence-electron chi connectivity index (χ2n) is 5.15. The van der Waals surface area contributed by atoms with Crippen LogP contribution >= 0.6 is 0 Å². The minimum atomic E-state index is -0.577. The van der Waals surface area contributed by atoms with Gasteiger partial charge in [0.25, 0.3) is 0 Å². The van der Waals surface area contributed by atoms with E-state index < -0.39 is 6.10 Å². The Morgan fingerprint density at radius 3 is 1.93 bits per heavy atom. The molecule has 0 bridgehead atoms. The highest BCUT2D eigenvalue weighted by atomic mass is 16.3. The van der Waals surface area contributed by atoms with E-state index in [1.54, 1.807) is 0 Å². The number of aliphatic hydroxyl groups is 3. The molecule has 1 unspecified atom stereocenters. The summed E-state index contributed by atoms with van der Waals surface area (Å²) >= 11 is 0. The third-order valence-electron chi connectivity index (χ3n) is 2.44. The maximum absolute atomic E-state index is 9.59. The van der Waals surface area contributed by atoms with Crippen molar-refractivity contribution in [1.82, 2.24) is 0 Å². The zero-order chi connectivity index (χ0) is 11.2. The van der Waals surface area contributed by atoms with Gasteiger partial charge in [-0.2, -0.15) is 0 Å². The van der Waals surface area contributed by atoms with Gasteiger partial charge >= 0.3 is 0 Å². The van der Waals surface area contributed by atoms with Crippen LogP contribution in [0.2, 0.25) is 0 Å². The molecular formula is C11H24O3. The van der Waals surface area contributed by atoms with Crippen LogP contribution in [-0.2, 0) is 0 Å². The summed E-state index contributed by atoms with van der Waals surface area (Å²) < 4.78 is 0. The Morgan fingerprint density at radius 1 is 1.07 bits per heavy atom. The van der Waals surface area contributed by atoms with E-state index in [4.69, 9.17) is 10.2 Å². The second kappa shape index (κ2) is 6.38. The number of rotatable bonds is 6. The van der Waals surface area contributed by atoms with Gasteiger partial charge in [0.1, 0.15) is 0 Å². The molecule has 0 spiro atoms. The summed E-state index contributed by atoms with van der Waals surface area (Å²) in [6, 6.07) is 0. The number of hydrogen-bond acceptors (Lipinski definition) is 3. The molecular weight excluding hydrogens is 180 g/mol. The molecule has 0 aliphatic rings. The maximum atomic E-state index is 9.59. The average Bonchev–Trinajstić information content (AvgIpc) is 2.04. The summed E-state index contributed by atoms with van der Waals surface area (Å²) in [6.45, 7) is 6.19. The fraction of sp³-hybridized carbons (Fsp3) is 1.00. The van der Waals surface area contributed by atoms with Crippen LogP contribution in [0.25, 0.3) is 0 Å². The lowest BCUT2D eigenvalue weighted by molar-refractivity contribution is 0.0247. The zero-order valence-electron chi connectivity index (χ0n) is 9.53.